The zero-order chi connectivity index (χ0) is 21.1. The molecule has 2 aromatic carbocycles. The first-order chi connectivity index (χ1) is 14.6. The Morgan fingerprint density at radius 3 is 1.53 bits per heavy atom. The molecule has 152 valence electrons. The molecule has 0 saturated carbocycles. The summed E-state index contributed by atoms with van der Waals surface area (Å²) in [4.78, 5) is 31.3. The Labute approximate surface area is 173 Å². The van der Waals surface area contributed by atoms with E-state index in [2.05, 4.69) is 9.97 Å². The van der Waals surface area contributed by atoms with E-state index in [4.69, 9.17) is 9.47 Å². The number of aromatic amines is 2. The average Bonchev–Trinajstić information content (AvgIpc) is 3.31. The van der Waals surface area contributed by atoms with Gasteiger partial charge in [-0.3, -0.25) is 0 Å². The van der Waals surface area contributed by atoms with Crippen LogP contribution < -0.4 is 0 Å². The second-order valence-corrected chi connectivity index (χ2v) is 6.69. The molecular formula is C24H22N2O4. The smallest absolute Gasteiger partial charge is 0.355 e. The van der Waals surface area contributed by atoms with E-state index < -0.39 is 11.9 Å². The summed E-state index contributed by atoms with van der Waals surface area (Å²) < 4.78 is 10.4. The van der Waals surface area contributed by atoms with Crippen LogP contribution in [0.15, 0.2) is 48.5 Å². The fourth-order valence-corrected chi connectivity index (χ4v) is 3.57. The molecule has 30 heavy (non-hydrogen) atoms. The molecule has 0 fully saturated rings. The lowest BCUT2D eigenvalue weighted by molar-refractivity contribution is 0.0510. The monoisotopic (exact) mass is 402 g/mol. The molecule has 0 aliphatic heterocycles. The molecule has 0 bridgehead atoms. The van der Waals surface area contributed by atoms with Gasteiger partial charge in [0.1, 0.15) is 11.4 Å². The number of aromatic nitrogens is 2. The van der Waals surface area contributed by atoms with Gasteiger partial charge >= 0.3 is 11.9 Å². The molecular weight excluding hydrogens is 380 g/mol. The quantitative estimate of drug-likeness (QED) is 0.436. The van der Waals surface area contributed by atoms with Gasteiger partial charge in [0.15, 0.2) is 0 Å². The van der Waals surface area contributed by atoms with Crippen molar-refractivity contribution >= 4 is 45.9 Å². The minimum atomic E-state index is -0.419. The summed E-state index contributed by atoms with van der Waals surface area (Å²) in [5, 5.41) is 1.80. The molecule has 0 unspecified atom stereocenters. The number of carbonyl (C=O) groups excluding carboxylic acids is 2. The standard InChI is InChI=1S/C24H22N2O4/c1-3-29-23(27)21-17(15-9-5-7-11-19(15)25-21)13-14-18-16-10-6-8-12-20(16)26-22(18)24(28)30-4-2/h5-14,25-26H,3-4H2,1-2H3/b14-13+. The van der Waals surface area contributed by atoms with Gasteiger partial charge in [-0.25, -0.2) is 9.59 Å². The highest BCUT2D eigenvalue weighted by atomic mass is 16.5. The van der Waals surface area contributed by atoms with Crippen LogP contribution in [-0.4, -0.2) is 35.1 Å². The SMILES string of the molecule is CCOC(=O)c1[nH]c2ccccc2c1/C=C/c1c(C(=O)OCC)[nH]c2ccccc12. The Morgan fingerprint density at radius 2 is 1.13 bits per heavy atom. The number of H-pyrrole nitrogens is 2. The maximum absolute atomic E-state index is 12.5. The van der Waals surface area contributed by atoms with Crippen LogP contribution in [0.4, 0.5) is 0 Å². The second kappa shape index (κ2) is 8.29. The molecule has 2 N–H and O–H groups in total. The zero-order valence-corrected chi connectivity index (χ0v) is 16.8. The molecule has 0 radical (unpaired) electrons. The van der Waals surface area contributed by atoms with Gasteiger partial charge in [-0.1, -0.05) is 48.6 Å². The lowest BCUT2D eigenvalue weighted by Crippen LogP contribution is -2.07. The van der Waals surface area contributed by atoms with Gasteiger partial charge in [0, 0.05) is 32.9 Å². The molecule has 0 saturated heterocycles. The van der Waals surface area contributed by atoms with Gasteiger partial charge in [0.2, 0.25) is 0 Å². The number of hydrogen-bond donors (Lipinski definition) is 2. The van der Waals surface area contributed by atoms with E-state index in [1.165, 1.54) is 0 Å². The number of esters is 2. The number of para-hydroxylation sites is 2. The van der Waals surface area contributed by atoms with Gasteiger partial charge in [-0.2, -0.15) is 0 Å². The van der Waals surface area contributed by atoms with E-state index in [1.54, 1.807) is 13.8 Å². The Balaban J connectivity index is 1.87. The van der Waals surface area contributed by atoms with Crippen LogP contribution in [-0.2, 0) is 9.47 Å². The Bertz CT molecular complexity index is 1160. The van der Waals surface area contributed by atoms with Gasteiger partial charge in [0.25, 0.3) is 0 Å². The summed E-state index contributed by atoms with van der Waals surface area (Å²) in [6, 6.07) is 15.3. The first-order valence-corrected chi connectivity index (χ1v) is 9.87. The van der Waals surface area contributed by atoms with E-state index in [9.17, 15) is 9.59 Å². The number of ether oxygens (including phenoxy) is 2. The highest BCUT2D eigenvalue weighted by molar-refractivity contribution is 6.07. The van der Waals surface area contributed by atoms with Gasteiger partial charge in [-0.15, -0.1) is 0 Å². The molecule has 0 aliphatic carbocycles. The summed E-state index contributed by atoms with van der Waals surface area (Å²) in [6.07, 6.45) is 3.67. The van der Waals surface area contributed by atoms with Crippen molar-refractivity contribution in [2.24, 2.45) is 0 Å². The van der Waals surface area contributed by atoms with Crippen LogP contribution >= 0.6 is 0 Å². The molecule has 2 aromatic heterocycles. The summed E-state index contributed by atoms with van der Waals surface area (Å²) in [5.41, 5.74) is 3.86. The fourth-order valence-electron chi connectivity index (χ4n) is 3.57. The minimum Gasteiger partial charge on any atom is -0.461 e. The van der Waals surface area contributed by atoms with Crippen LogP contribution in [0.1, 0.15) is 46.0 Å². The Hall–Kier alpha value is -3.80. The number of hydrogen-bond acceptors (Lipinski definition) is 4. The predicted octanol–water partition coefficient (Wildman–Crippen LogP) is 5.17. The topological polar surface area (TPSA) is 84.2 Å². The highest BCUT2D eigenvalue weighted by Gasteiger charge is 2.19. The van der Waals surface area contributed by atoms with Crippen molar-refractivity contribution in [2.75, 3.05) is 13.2 Å². The normalized spacial score (nSPS) is 11.4. The number of fused-ring (bicyclic) bond motifs is 2. The number of benzene rings is 2. The number of rotatable bonds is 6. The van der Waals surface area contributed by atoms with Gasteiger partial charge in [0.05, 0.1) is 13.2 Å². The summed E-state index contributed by atoms with van der Waals surface area (Å²) in [6.45, 7) is 4.11. The molecule has 4 aromatic rings. The zero-order valence-electron chi connectivity index (χ0n) is 16.8. The molecule has 0 spiro atoms. The fraction of sp³-hybridized carbons (Fsp3) is 0.167. The van der Waals surface area contributed by atoms with Crippen LogP contribution in [0, 0.1) is 0 Å². The van der Waals surface area contributed by atoms with Crippen LogP contribution in [0.2, 0.25) is 0 Å². The van der Waals surface area contributed by atoms with Crippen molar-refractivity contribution in [3.8, 4) is 0 Å². The molecule has 6 nitrogen and oxygen atoms in total. The maximum Gasteiger partial charge on any atom is 0.355 e. The van der Waals surface area contributed by atoms with Crippen molar-refractivity contribution in [1.82, 2.24) is 9.97 Å². The van der Waals surface area contributed by atoms with Gasteiger partial charge < -0.3 is 19.4 Å². The average molecular weight is 402 g/mol. The molecule has 2 heterocycles. The number of carbonyl (C=O) groups is 2. The van der Waals surface area contributed by atoms with E-state index >= 15 is 0 Å². The van der Waals surface area contributed by atoms with E-state index in [0.717, 1.165) is 21.8 Å². The van der Waals surface area contributed by atoms with Crippen molar-refractivity contribution in [2.45, 2.75) is 13.8 Å². The third-order valence-electron chi connectivity index (χ3n) is 4.87. The highest BCUT2D eigenvalue weighted by Crippen LogP contribution is 2.29. The number of nitrogens with one attached hydrogen (secondary N) is 2. The lowest BCUT2D eigenvalue weighted by atomic mass is 10.1. The molecule has 0 aliphatic rings. The maximum atomic E-state index is 12.5. The largest absolute Gasteiger partial charge is 0.461 e. The summed E-state index contributed by atoms with van der Waals surface area (Å²) in [7, 11) is 0. The van der Waals surface area contributed by atoms with Crippen molar-refractivity contribution in [3.05, 3.63) is 71.0 Å². The van der Waals surface area contributed by atoms with Gasteiger partial charge in [-0.05, 0) is 26.0 Å². The van der Waals surface area contributed by atoms with E-state index in [-0.39, 0.29) is 13.2 Å². The molecule has 0 atom stereocenters. The van der Waals surface area contributed by atoms with Crippen molar-refractivity contribution in [1.29, 1.82) is 0 Å². The molecule has 6 heteroatoms. The van der Waals surface area contributed by atoms with Crippen molar-refractivity contribution < 1.29 is 19.1 Å². The van der Waals surface area contributed by atoms with E-state index in [0.29, 0.717) is 22.5 Å². The minimum absolute atomic E-state index is 0.285. The first kappa shape index (κ1) is 19.5. The van der Waals surface area contributed by atoms with Crippen LogP contribution in [0.3, 0.4) is 0 Å². The van der Waals surface area contributed by atoms with Crippen LogP contribution in [0.5, 0.6) is 0 Å². The second-order valence-electron chi connectivity index (χ2n) is 6.69. The Kier molecular flexibility index (Phi) is 5.39. The van der Waals surface area contributed by atoms with E-state index in [1.807, 2.05) is 60.7 Å². The van der Waals surface area contributed by atoms with Crippen LogP contribution in [0.25, 0.3) is 34.0 Å². The molecule has 0 amide bonds. The van der Waals surface area contributed by atoms with Crippen molar-refractivity contribution in [3.63, 3.8) is 0 Å². The third kappa shape index (κ3) is 3.48. The summed E-state index contributed by atoms with van der Waals surface area (Å²) >= 11 is 0. The predicted molar refractivity (Wildman–Crippen MR) is 117 cm³/mol. The Morgan fingerprint density at radius 1 is 0.733 bits per heavy atom. The summed E-state index contributed by atoms with van der Waals surface area (Å²) in [5.74, 6) is -0.837. The third-order valence-corrected chi connectivity index (χ3v) is 4.87. The molecule has 4 rings (SSSR count). The first-order valence-electron chi connectivity index (χ1n) is 9.87. The lowest BCUT2D eigenvalue weighted by Gasteiger charge is -2.02.